The van der Waals surface area contributed by atoms with Crippen LogP contribution in [-0.4, -0.2) is 18.0 Å². The first-order chi connectivity index (χ1) is 12.1. The summed E-state index contributed by atoms with van der Waals surface area (Å²) in [5.74, 6) is -0.299. The summed E-state index contributed by atoms with van der Waals surface area (Å²) in [6, 6.07) is 24.7. The molecule has 0 heterocycles. The maximum absolute atomic E-state index is 13.3. The van der Waals surface area contributed by atoms with Gasteiger partial charge >= 0.3 is 6.03 Å². The summed E-state index contributed by atoms with van der Waals surface area (Å²) >= 11 is 0. The fraction of sp³-hybridized carbons (Fsp3) is 0.0952. The van der Waals surface area contributed by atoms with Crippen LogP contribution in [0.3, 0.4) is 0 Å². The van der Waals surface area contributed by atoms with Crippen LogP contribution in [0, 0.1) is 5.82 Å². The van der Waals surface area contributed by atoms with Gasteiger partial charge in [0, 0.05) is 12.7 Å². The standard InChI is InChI=1S/C21H19FN2O/c1-24(21(25)23-19-10-6-3-7-11-19)20(16-8-4-2-5-9-16)17-12-14-18(22)15-13-17/h2-15,20H,1H3,(H,23,25)/t20-/m0/s1. The minimum atomic E-state index is -0.314. The molecular formula is C21H19FN2O. The highest BCUT2D eigenvalue weighted by molar-refractivity contribution is 5.89. The fourth-order valence-electron chi connectivity index (χ4n) is 2.77. The van der Waals surface area contributed by atoms with Crippen molar-refractivity contribution in [2.45, 2.75) is 6.04 Å². The second-order valence-electron chi connectivity index (χ2n) is 5.77. The van der Waals surface area contributed by atoms with Crippen LogP contribution in [0.25, 0.3) is 0 Å². The predicted molar refractivity (Wildman–Crippen MR) is 97.9 cm³/mol. The van der Waals surface area contributed by atoms with Crippen molar-refractivity contribution in [3.63, 3.8) is 0 Å². The molecule has 0 aromatic heterocycles. The zero-order valence-electron chi connectivity index (χ0n) is 13.9. The van der Waals surface area contributed by atoms with Gasteiger partial charge in [-0.2, -0.15) is 0 Å². The van der Waals surface area contributed by atoms with Crippen LogP contribution in [0.5, 0.6) is 0 Å². The van der Waals surface area contributed by atoms with E-state index in [4.69, 9.17) is 0 Å². The summed E-state index contributed by atoms with van der Waals surface area (Å²) in [6.07, 6.45) is 0. The number of amides is 2. The van der Waals surface area contributed by atoms with Crippen molar-refractivity contribution in [2.24, 2.45) is 0 Å². The molecule has 0 radical (unpaired) electrons. The van der Waals surface area contributed by atoms with Crippen molar-refractivity contribution in [1.82, 2.24) is 4.90 Å². The molecule has 0 unspecified atom stereocenters. The molecule has 4 heteroatoms. The lowest BCUT2D eigenvalue weighted by atomic mass is 9.97. The summed E-state index contributed by atoms with van der Waals surface area (Å²) in [4.78, 5) is 14.3. The van der Waals surface area contributed by atoms with E-state index in [1.807, 2.05) is 60.7 Å². The summed E-state index contributed by atoms with van der Waals surface area (Å²) < 4.78 is 13.3. The number of carbonyl (C=O) groups excluding carboxylic acids is 1. The molecule has 0 saturated heterocycles. The Labute approximate surface area is 146 Å². The highest BCUT2D eigenvalue weighted by Crippen LogP contribution is 2.28. The number of urea groups is 1. The van der Waals surface area contributed by atoms with Crippen molar-refractivity contribution in [1.29, 1.82) is 0 Å². The zero-order chi connectivity index (χ0) is 17.6. The SMILES string of the molecule is CN(C(=O)Nc1ccccc1)[C@@H](c1ccccc1)c1ccc(F)cc1. The normalized spacial score (nSPS) is 11.6. The zero-order valence-corrected chi connectivity index (χ0v) is 13.9. The molecule has 126 valence electrons. The minimum absolute atomic E-state index is 0.232. The smallest absolute Gasteiger partial charge is 0.316 e. The average molecular weight is 334 g/mol. The first-order valence-corrected chi connectivity index (χ1v) is 8.04. The summed E-state index contributed by atoms with van der Waals surface area (Å²) in [7, 11) is 1.74. The lowest BCUT2D eigenvalue weighted by Gasteiger charge is -2.29. The van der Waals surface area contributed by atoms with Crippen LogP contribution >= 0.6 is 0 Å². The summed E-state index contributed by atoms with van der Waals surface area (Å²) in [6.45, 7) is 0. The number of para-hydroxylation sites is 1. The van der Waals surface area contributed by atoms with E-state index in [1.165, 1.54) is 12.1 Å². The number of halogens is 1. The van der Waals surface area contributed by atoms with Crippen LogP contribution in [-0.2, 0) is 0 Å². The monoisotopic (exact) mass is 334 g/mol. The molecule has 2 amide bonds. The highest BCUT2D eigenvalue weighted by Gasteiger charge is 2.23. The molecule has 3 aromatic carbocycles. The molecule has 0 aliphatic rings. The predicted octanol–water partition coefficient (Wildman–Crippen LogP) is 5.08. The number of rotatable bonds is 4. The van der Waals surface area contributed by atoms with E-state index in [1.54, 1.807) is 24.1 Å². The molecule has 1 atom stereocenters. The van der Waals surface area contributed by atoms with Gasteiger partial charge in [-0.3, -0.25) is 0 Å². The fourth-order valence-corrected chi connectivity index (χ4v) is 2.77. The topological polar surface area (TPSA) is 32.3 Å². The number of hydrogen-bond acceptors (Lipinski definition) is 1. The Morgan fingerprint density at radius 1 is 0.840 bits per heavy atom. The largest absolute Gasteiger partial charge is 0.322 e. The Balaban J connectivity index is 1.90. The molecule has 3 aromatic rings. The summed E-state index contributed by atoms with van der Waals surface area (Å²) in [5.41, 5.74) is 2.53. The van der Waals surface area contributed by atoms with Gasteiger partial charge in [0.25, 0.3) is 0 Å². The summed E-state index contributed by atoms with van der Waals surface area (Å²) in [5, 5.41) is 2.89. The van der Waals surface area contributed by atoms with Crippen molar-refractivity contribution in [3.05, 3.63) is 102 Å². The van der Waals surface area contributed by atoms with Gasteiger partial charge in [0.1, 0.15) is 5.82 Å². The number of nitrogens with one attached hydrogen (secondary N) is 1. The molecule has 1 N–H and O–H groups in total. The van der Waals surface area contributed by atoms with Crippen molar-refractivity contribution in [2.75, 3.05) is 12.4 Å². The van der Waals surface area contributed by atoms with Gasteiger partial charge in [-0.05, 0) is 35.4 Å². The minimum Gasteiger partial charge on any atom is -0.316 e. The second-order valence-corrected chi connectivity index (χ2v) is 5.77. The van der Waals surface area contributed by atoms with E-state index >= 15 is 0 Å². The van der Waals surface area contributed by atoms with Crippen molar-refractivity contribution in [3.8, 4) is 0 Å². The van der Waals surface area contributed by atoms with E-state index < -0.39 is 0 Å². The molecular weight excluding hydrogens is 315 g/mol. The van der Waals surface area contributed by atoms with Gasteiger partial charge in [-0.15, -0.1) is 0 Å². The maximum atomic E-state index is 13.3. The Morgan fingerprint density at radius 3 is 1.96 bits per heavy atom. The number of benzene rings is 3. The molecule has 0 bridgehead atoms. The van der Waals surface area contributed by atoms with E-state index in [0.717, 1.165) is 16.8 Å². The van der Waals surface area contributed by atoms with Gasteiger partial charge < -0.3 is 10.2 Å². The lowest BCUT2D eigenvalue weighted by Crippen LogP contribution is -2.35. The third-order valence-corrected chi connectivity index (χ3v) is 4.03. The second kappa shape index (κ2) is 7.62. The lowest BCUT2D eigenvalue weighted by molar-refractivity contribution is 0.212. The first-order valence-electron chi connectivity index (χ1n) is 8.04. The molecule has 0 spiro atoms. The molecule has 3 nitrogen and oxygen atoms in total. The number of hydrogen-bond donors (Lipinski definition) is 1. The Bertz CT molecular complexity index is 820. The number of nitrogens with zero attached hydrogens (tertiary/aromatic N) is 1. The van der Waals surface area contributed by atoms with Crippen LogP contribution < -0.4 is 5.32 Å². The highest BCUT2D eigenvalue weighted by atomic mass is 19.1. The maximum Gasteiger partial charge on any atom is 0.322 e. The van der Waals surface area contributed by atoms with E-state index in [9.17, 15) is 9.18 Å². The van der Waals surface area contributed by atoms with Crippen LogP contribution in [0.1, 0.15) is 17.2 Å². The van der Waals surface area contributed by atoms with E-state index in [-0.39, 0.29) is 17.9 Å². The average Bonchev–Trinajstić information content (AvgIpc) is 2.65. The van der Waals surface area contributed by atoms with Crippen molar-refractivity contribution < 1.29 is 9.18 Å². The quantitative estimate of drug-likeness (QED) is 0.709. The molecule has 3 rings (SSSR count). The van der Waals surface area contributed by atoms with E-state index in [0.29, 0.717) is 0 Å². The van der Waals surface area contributed by atoms with Gasteiger partial charge in [0.15, 0.2) is 0 Å². The van der Waals surface area contributed by atoms with Crippen LogP contribution in [0.4, 0.5) is 14.9 Å². The molecule has 0 aliphatic carbocycles. The molecule has 25 heavy (non-hydrogen) atoms. The third kappa shape index (κ3) is 4.04. The Morgan fingerprint density at radius 2 is 1.36 bits per heavy atom. The van der Waals surface area contributed by atoms with Gasteiger partial charge in [-0.25, -0.2) is 9.18 Å². The Hall–Kier alpha value is -3.14. The van der Waals surface area contributed by atoms with Gasteiger partial charge in [-0.1, -0.05) is 60.7 Å². The van der Waals surface area contributed by atoms with Gasteiger partial charge in [0.05, 0.1) is 6.04 Å². The Kier molecular flexibility index (Phi) is 5.09. The number of carbonyl (C=O) groups is 1. The van der Waals surface area contributed by atoms with Crippen LogP contribution in [0.2, 0.25) is 0 Å². The molecule has 0 aliphatic heterocycles. The van der Waals surface area contributed by atoms with Crippen LogP contribution in [0.15, 0.2) is 84.9 Å². The molecule has 0 fully saturated rings. The number of anilines is 1. The molecule has 0 saturated carbocycles. The van der Waals surface area contributed by atoms with Crippen molar-refractivity contribution >= 4 is 11.7 Å². The first kappa shape index (κ1) is 16.7. The van der Waals surface area contributed by atoms with E-state index in [2.05, 4.69) is 5.32 Å². The third-order valence-electron chi connectivity index (χ3n) is 4.03. The van der Waals surface area contributed by atoms with Gasteiger partial charge in [0.2, 0.25) is 0 Å².